The Bertz CT molecular complexity index is 349. The quantitative estimate of drug-likeness (QED) is 0.829. The van der Waals surface area contributed by atoms with E-state index in [1.165, 1.54) is 5.56 Å². The highest BCUT2D eigenvalue weighted by atomic mass is 79.9. The number of hydrogen-bond acceptors (Lipinski definition) is 2. The highest BCUT2D eigenvalue weighted by Crippen LogP contribution is 2.19. The Kier molecular flexibility index (Phi) is 4.82. The molecule has 0 aliphatic heterocycles. The van der Waals surface area contributed by atoms with E-state index in [-0.39, 0.29) is 5.78 Å². The van der Waals surface area contributed by atoms with Crippen molar-refractivity contribution in [3.8, 4) is 0 Å². The summed E-state index contributed by atoms with van der Waals surface area (Å²) >= 11 is 3.42. The Hall–Kier alpha value is -0.830. The first-order chi connectivity index (χ1) is 7.09. The summed E-state index contributed by atoms with van der Waals surface area (Å²) in [5.41, 5.74) is 2.36. The minimum Gasteiger partial charge on any atom is -0.385 e. The second kappa shape index (κ2) is 5.91. The summed E-state index contributed by atoms with van der Waals surface area (Å²) < 4.78 is 1.09. The summed E-state index contributed by atoms with van der Waals surface area (Å²) in [6, 6.07) is 6.14. The first kappa shape index (κ1) is 12.2. The SMILES string of the molecule is CC(=O)CCCNc1ccc(Br)cc1C. The molecular weight excluding hydrogens is 254 g/mol. The van der Waals surface area contributed by atoms with Crippen molar-refractivity contribution in [2.45, 2.75) is 26.7 Å². The van der Waals surface area contributed by atoms with Gasteiger partial charge in [-0.05, 0) is 44.0 Å². The van der Waals surface area contributed by atoms with Crippen LogP contribution in [0.5, 0.6) is 0 Å². The van der Waals surface area contributed by atoms with Crippen LogP contribution in [0.15, 0.2) is 22.7 Å². The van der Waals surface area contributed by atoms with Crippen molar-refractivity contribution in [3.05, 3.63) is 28.2 Å². The second-order valence-electron chi connectivity index (χ2n) is 3.69. The molecule has 1 aromatic rings. The third kappa shape index (κ3) is 4.47. The van der Waals surface area contributed by atoms with E-state index in [1.54, 1.807) is 6.92 Å². The van der Waals surface area contributed by atoms with Crippen molar-refractivity contribution < 1.29 is 4.79 Å². The van der Waals surface area contributed by atoms with Gasteiger partial charge in [-0.3, -0.25) is 0 Å². The van der Waals surface area contributed by atoms with Gasteiger partial charge in [-0.1, -0.05) is 15.9 Å². The molecule has 0 amide bonds. The van der Waals surface area contributed by atoms with Crippen molar-refractivity contribution in [2.24, 2.45) is 0 Å². The minimum absolute atomic E-state index is 0.254. The average molecular weight is 270 g/mol. The largest absolute Gasteiger partial charge is 0.385 e. The van der Waals surface area contributed by atoms with Gasteiger partial charge in [-0.2, -0.15) is 0 Å². The summed E-state index contributed by atoms with van der Waals surface area (Å²) in [6.45, 7) is 4.55. The molecule has 0 heterocycles. The molecule has 0 aliphatic carbocycles. The lowest BCUT2D eigenvalue weighted by Crippen LogP contribution is -2.04. The molecule has 0 aromatic heterocycles. The van der Waals surface area contributed by atoms with Gasteiger partial charge in [0.05, 0.1) is 0 Å². The van der Waals surface area contributed by atoms with Crippen molar-refractivity contribution in [2.75, 3.05) is 11.9 Å². The van der Waals surface area contributed by atoms with Gasteiger partial charge in [0.25, 0.3) is 0 Å². The minimum atomic E-state index is 0.254. The lowest BCUT2D eigenvalue weighted by Gasteiger charge is -2.09. The van der Waals surface area contributed by atoms with Crippen LogP contribution in [0.4, 0.5) is 5.69 Å². The first-order valence-corrected chi connectivity index (χ1v) is 5.88. The number of nitrogens with one attached hydrogen (secondary N) is 1. The molecule has 3 heteroatoms. The number of rotatable bonds is 5. The molecule has 0 radical (unpaired) electrons. The van der Waals surface area contributed by atoms with Crippen LogP contribution in [0.25, 0.3) is 0 Å². The van der Waals surface area contributed by atoms with E-state index in [0.29, 0.717) is 6.42 Å². The number of benzene rings is 1. The standard InChI is InChI=1S/C12H16BrNO/c1-9-8-11(13)5-6-12(9)14-7-3-4-10(2)15/h5-6,8,14H,3-4,7H2,1-2H3. The monoisotopic (exact) mass is 269 g/mol. The zero-order valence-electron chi connectivity index (χ0n) is 9.14. The van der Waals surface area contributed by atoms with Crippen LogP contribution >= 0.6 is 15.9 Å². The fourth-order valence-electron chi connectivity index (χ4n) is 1.39. The predicted octanol–water partition coefficient (Wildman–Crippen LogP) is 3.54. The number of carbonyl (C=O) groups excluding carboxylic acids is 1. The Labute approximate surface area is 99.2 Å². The molecule has 1 N–H and O–H groups in total. The molecule has 0 saturated heterocycles. The molecule has 0 fully saturated rings. The van der Waals surface area contributed by atoms with Gasteiger partial charge in [0.2, 0.25) is 0 Å². The maximum absolute atomic E-state index is 10.7. The smallest absolute Gasteiger partial charge is 0.129 e. The summed E-state index contributed by atoms with van der Waals surface area (Å²) in [5, 5.41) is 3.32. The maximum atomic E-state index is 10.7. The van der Waals surface area contributed by atoms with Gasteiger partial charge in [0.1, 0.15) is 5.78 Å². The van der Waals surface area contributed by atoms with Gasteiger partial charge in [-0.25, -0.2) is 0 Å². The fraction of sp³-hybridized carbons (Fsp3) is 0.417. The number of halogens is 1. The van der Waals surface area contributed by atoms with E-state index in [0.717, 1.165) is 23.1 Å². The predicted molar refractivity (Wildman–Crippen MR) is 67.3 cm³/mol. The molecule has 1 aromatic carbocycles. The topological polar surface area (TPSA) is 29.1 Å². The summed E-state index contributed by atoms with van der Waals surface area (Å²) in [7, 11) is 0. The molecule has 82 valence electrons. The number of Topliss-reactive ketones (excluding diaryl/α,β-unsaturated/α-hetero) is 1. The molecule has 0 bridgehead atoms. The van der Waals surface area contributed by atoms with Crippen LogP contribution in [0.3, 0.4) is 0 Å². The number of anilines is 1. The molecule has 0 aliphatic rings. The average Bonchev–Trinajstić information content (AvgIpc) is 2.14. The van der Waals surface area contributed by atoms with Crippen molar-refractivity contribution in [1.82, 2.24) is 0 Å². The van der Waals surface area contributed by atoms with E-state index < -0.39 is 0 Å². The van der Waals surface area contributed by atoms with Crippen molar-refractivity contribution in [3.63, 3.8) is 0 Å². The van der Waals surface area contributed by atoms with Crippen LogP contribution in [-0.2, 0) is 4.79 Å². The number of aryl methyl sites for hydroxylation is 1. The molecule has 0 atom stereocenters. The zero-order valence-corrected chi connectivity index (χ0v) is 10.7. The lowest BCUT2D eigenvalue weighted by molar-refractivity contribution is -0.117. The highest BCUT2D eigenvalue weighted by molar-refractivity contribution is 9.10. The van der Waals surface area contributed by atoms with E-state index in [1.807, 2.05) is 12.1 Å². The van der Waals surface area contributed by atoms with Crippen LogP contribution < -0.4 is 5.32 Å². The fourth-order valence-corrected chi connectivity index (χ4v) is 1.86. The van der Waals surface area contributed by atoms with Crippen molar-refractivity contribution in [1.29, 1.82) is 0 Å². The molecule has 0 spiro atoms. The Balaban J connectivity index is 2.40. The van der Waals surface area contributed by atoms with Gasteiger partial charge in [-0.15, -0.1) is 0 Å². The van der Waals surface area contributed by atoms with Crippen LogP contribution in [-0.4, -0.2) is 12.3 Å². The van der Waals surface area contributed by atoms with E-state index in [2.05, 4.69) is 34.2 Å². The summed E-state index contributed by atoms with van der Waals surface area (Å²) in [5.74, 6) is 0.254. The molecular formula is C12H16BrNO. The van der Waals surface area contributed by atoms with Crippen LogP contribution in [0, 0.1) is 6.92 Å². The number of carbonyl (C=O) groups is 1. The van der Waals surface area contributed by atoms with Gasteiger partial charge >= 0.3 is 0 Å². The molecule has 1 rings (SSSR count). The maximum Gasteiger partial charge on any atom is 0.129 e. The summed E-state index contributed by atoms with van der Waals surface area (Å²) in [6.07, 6.45) is 1.55. The normalized spacial score (nSPS) is 10.1. The Morgan fingerprint density at radius 3 is 2.80 bits per heavy atom. The number of ketones is 1. The molecule has 0 saturated carbocycles. The van der Waals surface area contributed by atoms with E-state index in [4.69, 9.17) is 0 Å². The number of hydrogen-bond donors (Lipinski definition) is 1. The molecule has 2 nitrogen and oxygen atoms in total. The lowest BCUT2D eigenvalue weighted by atomic mass is 10.2. The Morgan fingerprint density at radius 2 is 2.20 bits per heavy atom. The molecule has 0 unspecified atom stereocenters. The van der Waals surface area contributed by atoms with E-state index in [9.17, 15) is 4.79 Å². The Morgan fingerprint density at radius 1 is 1.47 bits per heavy atom. The second-order valence-corrected chi connectivity index (χ2v) is 4.61. The highest BCUT2D eigenvalue weighted by Gasteiger charge is 1.98. The van der Waals surface area contributed by atoms with Crippen molar-refractivity contribution >= 4 is 27.4 Å². The third-order valence-electron chi connectivity index (χ3n) is 2.21. The summed E-state index contributed by atoms with van der Waals surface area (Å²) in [4.78, 5) is 10.7. The van der Waals surface area contributed by atoms with Gasteiger partial charge < -0.3 is 10.1 Å². The van der Waals surface area contributed by atoms with Gasteiger partial charge in [0, 0.05) is 23.1 Å². The van der Waals surface area contributed by atoms with Crippen LogP contribution in [0.1, 0.15) is 25.3 Å². The van der Waals surface area contributed by atoms with Gasteiger partial charge in [0.15, 0.2) is 0 Å². The van der Waals surface area contributed by atoms with E-state index >= 15 is 0 Å². The molecule has 15 heavy (non-hydrogen) atoms. The first-order valence-electron chi connectivity index (χ1n) is 5.09. The zero-order chi connectivity index (χ0) is 11.3. The third-order valence-corrected chi connectivity index (χ3v) is 2.70. The van der Waals surface area contributed by atoms with Crippen LogP contribution in [0.2, 0.25) is 0 Å².